The third kappa shape index (κ3) is 4.25. The molecule has 0 saturated carbocycles. The molecule has 12 heteroatoms. The highest BCUT2D eigenvalue weighted by atomic mass is 35.5. The van der Waals surface area contributed by atoms with Gasteiger partial charge in [-0.3, -0.25) is 10.2 Å². The van der Waals surface area contributed by atoms with Crippen LogP contribution in [0.5, 0.6) is 0 Å². The van der Waals surface area contributed by atoms with Gasteiger partial charge in [0.15, 0.2) is 5.13 Å². The van der Waals surface area contributed by atoms with E-state index in [1.807, 2.05) is 9.73 Å². The number of carbonyl (C=O) groups is 1. The van der Waals surface area contributed by atoms with Crippen molar-refractivity contribution in [2.24, 2.45) is 0 Å². The Bertz CT molecular complexity index is 867. The molecule has 0 aliphatic carbocycles. The molecule has 1 aliphatic heterocycles. The van der Waals surface area contributed by atoms with Crippen LogP contribution < -0.4 is 15.2 Å². The number of amides is 1. The molecule has 1 saturated heterocycles. The molecule has 0 atom stereocenters. The summed E-state index contributed by atoms with van der Waals surface area (Å²) in [5, 5.41) is 2.06. The van der Waals surface area contributed by atoms with Gasteiger partial charge >= 0.3 is 0 Å². The predicted octanol–water partition coefficient (Wildman–Crippen LogP) is 0.651. The highest BCUT2D eigenvalue weighted by Crippen LogP contribution is 2.21. The fourth-order valence-electron chi connectivity index (χ4n) is 2.07. The van der Waals surface area contributed by atoms with Gasteiger partial charge in [-0.15, -0.1) is 16.2 Å². The van der Waals surface area contributed by atoms with Crippen LogP contribution in [0.3, 0.4) is 0 Å². The Morgan fingerprint density at radius 3 is 2.84 bits per heavy atom. The highest BCUT2D eigenvalue weighted by Gasteiger charge is 2.21. The fourth-order valence-corrected chi connectivity index (χ4v) is 4.23. The lowest BCUT2D eigenvalue weighted by Crippen LogP contribution is -2.42. The molecular weight excluding hydrogens is 390 g/mol. The van der Waals surface area contributed by atoms with Crippen LogP contribution in [0.15, 0.2) is 28.6 Å². The maximum absolute atomic E-state index is 12.2. The fraction of sp³-hybridized carbons (Fsp3) is 0.308. The van der Waals surface area contributed by atoms with Gasteiger partial charge < -0.3 is 9.64 Å². The largest absolute Gasteiger partial charge is 0.378 e. The number of ether oxygens (including phenoxy) is 1. The summed E-state index contributed by atoms with van der Waals surface area (Å²) in [5.74, 6) is -0.667. The quantitative estimate of drug-likeness (QED) is 0.556. The summed E-state index contributed by atoms with van der Waals surface area (Å²) >= 11 is 7.07. The molecule has 0 spiro atoms. The Labute approximate surface area is 153 Å². The van der Waals surface area contributed by atoms with E-state index in [9.17, 15) is 13.2 Å². The van der Waals surface area contributed by atoms with Crippen molar-refractivity contribution < 1.29 is 17.9 Å². The Morgan fingerprint density at radius 2 is 2.12 bits per heavy atom. The standard InChI is InChI=1S/C13H14ClN5O4S2/c14-11-10(2-1-3-15-11)25(21,22)18-17-12(20)9-8-24-13(16-9)19-4-6-23-7-5-19/h1-3,8,18H,4-7H2,(H,17,20). The smallest absolute Gasteiger partial charge is 0.285 e. The molecule has 1 fully saturated rings. The maximum atomic E-state index is 12.2. The number of hydrogen-bond donors (Lipinski definition) is 2. The summed E-state index contributed by atoms with van der Waals surface area (Å²) in [6.07, 6.45) is 1.36. The summed E-state index contributed by atoms with van der Waals surface area (Å²) in [7, 11) is -4.04. The lowest BCUT2D eigenvalue weighted by Gasteiger charge is -2.25. The van der Waals surface area contributed by atoms with Gasteiger partial charge in [0.2, 0.25) is 0 Å². The lowest BCUT2D eigenvalue weighted by molar-refractivity contribution is 0.0940. The van der Waals surface area contributed by atoms with Crippen molar-refractivity contribution in [1.29, 1.82) is 0 Å². The monoisotopic (exact) mass is 403 g/mol. The third-order valence-corrected chi connectivity index (χ3v) is 5.91. The first-order valence-corrected chi connectivity index (χ1v) is 9.92. The van der Waals surface area contributed by atoms with E-state index in [0.717, 1.165) is 0 Å². The van der Waals surface area contributed by atoms with E-state index in [0.29, 0.717) is 31.4 Å². The SMILES string of the molecule is O=C(NNS(=O)(=O)c1cccnc1Cl)c1csc(N2CCOCC2)n1. The second-order valence-electron chi connectivity index (χ2n) is 4.97. The van der Waals surface area contributed by atoms with E-state index in [4.69, 9.17) is 16.3 Å². The van der Waals surface area contributed by atoms with E-state index in [-0.39, 0.29) is 15.7 Å². The molecule has 3 heterocycles. The van der Waals surface area contributed by atoms with E-state index in [1.165, 1.54) is 29.7 Å². The Kier molecular flexibility index (Phi) is 5.49. The summed E-state index contributed by atoms with van der Waals surface area (Å²) in [5.41, 5.74) is 2.24. The minimum absolute atomic E-state index is 0.117. The predicted molar refractivity (Wildman–Crippen MR) is 92.2 cm³/mol. The normalized spacial score (nSPS) is 15.2. The lowest BCUT2D eigenvalue weighted by atomic mass is 10.4. The summed E-state index contributed by atoms with van der Waals surface area (Å²) in [4.78, 5) is 23.8. The van der Waals surface area contributed by atoms with Gasteiger partial charge in [0, 0.05) is 24.7 Å². The molecule has 1 aliphatic rings. The van der Waals surface area contributed by atoms with Gasteiger partial charge in [0.05, 0.1) is 13.2 Å². The first-order chi connectivity index (χ1) is 12.0. The number of sulfonamides is 1. The molecule has 0 bridgehead atoms. The average molecular weight is 404 g/mol. The van der Waals surface area contributed by atoms with Gasteiger partial charge in [-0.2, -0.15) is 0 Å². The van der Waals surface area contributed by atoms with E-state index in [2.05, 4.69) is 15.4 Å². The van der Waals surface area contributed by atoms with Crippen molar-refractivity contribution in [3.8, 4) is 0 Å². The molecule has 1 amide bonds. The summed E-state index contributed by atoms with van der Waals surface area (Å²) < 4.78 is 29.6. The molecule has 2 N–H and O–H groups in total. The minimum atomic E-state index is -4.04. The second kappa shape index (κ2) is 7.62. The number of thiazole rings is 1. The number of hydrogen-bond acceptors (Lipinski definition) is 8. The van der Waals surface area contributed by atoms with Crippen LogP contribution >= 0.6 is 22.9 Å². The number of halogens is 1. The Balaban J connectivity index is 1.65. The minimum Gasteiger partial charge on any atom is -0.378 e. The van der Waals surface area contributed by atoms with E-state index >= 15 is 0 Å². The molecule has 2 aromatic rings. The molecule has 134 valence electrons. The van der Waals surface area contributed by atoms with Crippen molar-refractivity contribution >= 4 is 44.0 Å². The zero-order valence-electron chi connectivity index (χ0n) is 12.8. The molecule has 3 rings (SSSR count). The third-order valence-electron chi connectivity index (χ3n) is 3.32. The number of anilines is 1. The van der Waals surface area contributed by atoms with Crippen LogP contribution in [0.1, 0.15) is 10.5 Å². The van der Waals surface area contributed by atoms with Crippen LogP contribution in [0, 0.1) is 0 Å². The number of nitrogens with zero attached hydrogens (tertiary/aromatic N) is 3. The molecule has 9 nitrogen and oxygen atoms in total. The number of aromatic nitrogens is 2. The van der Waals surface area contributed by atoms with Gasteiger partial charge in [-0.05, 0) is 12.1 Å². The molecule has 0 aromatic carbocycles. The highest BCUT2D eigenvalue weighted by molar-refractivity contribution is 7.89. The van der Waals surface area contributed by atoms with Gasteiger partial charge in [0.1, 0.15) is 15.7 Å². The molecule has 0 unspecified atom stereocenters. The Hall–Kier alpha value is -1.79. The van der Waals surface area contributed by atoms with Crippen LogP contribution in [-0.4, -0.2) is 50.6 Å². The van der Waals surface area contributed by atoms with Crippen LogP contribution in [-0.2, 0) is 14.8 Å². The van der Waals surface area contributed by atoms with E-state index < -0.39 is 15.9 Å². The summed E-state index contributed by atoms with van der Waals surface area (Å²) in [6, 6.07) is 2.71. The molecule has 0 radical (unpaired) electrons. The topological polar surface area (TPSA) is 114 Å². The average Bonchev–Trinajstić information content (AvgIpc) is 3.11. The maximum Gasteiger partial charge on any atom is 0.285 e. The zero-order valence-corrected chi connectivity index (χ0v) is 15.2. The summed E-state index contributed by atoms with van der Waals surface area (Å²) in [6.45, 7) is 2.60. The molecule has 2 aromatic heterocycles. The number of rotatable bonds is 5. The van der Waals surface area contributed by atoms with Crippen LogP contribution in [0.4, 0.5) is 5.13 Å². The first kappa shape index (κ1) is 18.0. The number of morpholine rings is 1. The van der Waals surface area contributed by atoms with Gasteiger partial charge in [0.25, 0.3) is 15.9 Å². The Morgan fingerprint density at radius 1 is 1.36 bits per heavy atom. The molecular formula is C13H14ClN5O4S2. The van der Waals surface area contributed by atoms with Gasteiger partial charge in [-0.25, -0.2) is 18.4 Å². The zero-order chi connectivity index (χ0) is 17.9. The van der Waals surface area contributed by atoms with Crippen LogP contribution in [0.2, 0.25) is 5.15 Å². The van der Waals surface area contributed by atoms with Crippen molar-refractivity contribution in [1.82, 2.24) is 20.2 Å². The number of carbonyl (C=O) groups excluding carboxylic acids is 1. The van der Waals surface area contributed by atoms with Crippen molar-refractivity contribution in [2.75, 3.05) is 31.2 Å². The van der Waals surface area contributed by atoms with Gasteiger partial charge in [-0.1, -0.05) is 11.6 Å². The molecule has 25 heavy (non-hydrogen) atoms. The van der Waals surface area contributed by atoms with Crippen molar-refractivity contribution in [3.63, 3.8) is 0 Å². The van der Waals surface area contributed by atoms with Crippen molar-refractivity contribution in [2.45, 2.75) is 4.90 Å². The number of hydrazine groups is 1. The van der Waals surface area contributed by atoms with Crippen LogP contribution in [0.25, 0.3) is 0 Å². The number of nitrogens with one attached hydrogen (secondary N) is 2. The van der Waals surface area contributed by atoms with E-state index in [1.54, 1.807) is 5.38 Å². The van der Waals surface area contributed by atoms with Crippen molar-refractivity contribution in [3.05, 3.63) is 34.6 Å². The number of pyridine rings is 1. The second-order valence-corrected chi connectivity index (χ2v) is 7.81. The first-order valence-electron chi connectivity index (χ1n) is 7.18.